The summed E-state index contributed by atoms with van der Waals surface area (Å²) in [6, 6.07) is 7.56. The van der Waals surface area contributed by atoms with Gasteiger partial charge in [0.15, 0.2) is 11.6 Å². The van der Waals surface area contributed by atoms with E-state index in [2.05, 4.69) is 5.10 Å². The number of aromatic nitrogens is 2. The number of aromatic hydroxyl groups is 1. The summed E-state index contributed by atoms with van der Waals surface area (Å²) in [7, 11) is 0. The summed E-state index contributed by atoms with van der Waals surface area (Å²) < 4.78 is 43.5. The van der Waals surface area contributed by atoms with E-state index in [-0.39, 0.29) is 17.0 Å². The Hall–Kier alpha value is -2.76. The predicted octanol–water partition coefficient (Wildman–Crippen LogP) is 3.66. The molecule has 0 aliphatic heterocycles. The van der Waals surface area contributed by atoms with E-state index in [1.807, 2.05) is 0 Å². The molecule has 106 valence electrons. The SMILES string of the molecule is Oc1ccc(-c2c(F)cc(-n3cccn3)c(F)c2F)cc1. The Labute approximate surface area is 117 Å². The molecule has 3 nitrogen and oxygen atoms in total. The quantitative estimate of drug-likeness (QED) is 0.731. The molecule has 0 aliphatic rings. The molecule has 0 fully saturated rings. The molecular formula is C15H9F3N2O. The lowest BCUT2D eigenvalue weighted by atomic mass is 10.0. The van der Waals surface area contributed by atoms with Crippen LogP contribution >= 0.6 is 0 Å². The van der Waals surface area contributed by atoms with Gasteiger partial charge in [-0.05, 0) is 23.8 Å². The number of rotatable bonds is 2. The number of hydrogen-bond acceptors (Lipinski definition) is 2. The van der Waals surface area contributed by atoms with Crippen LogP contribution < -0.4 is 0 Å². The lowest BCUT2D eigenvalue weighted by Gasteiger charge is -2.10. The second-order valence-corrected chi connectivity index (χ2v) is 4.38. The van der Waals surface area contributed by atoms with Gasteiger partial charge in [0.05, 0.1) is 5.56 Å². The molecule has 3 aromatic rings. The van der Waals surface area contributed by atoms with Gasteiger partial charge in [-0.2, -0.15) is 5.10 Å². The second-order valence-electron chi connectivity index (χ2n) is 4.38. The number of hydrogen-bond donors (Lipinski definition) is 1. The predicted molar refractivity (Wildman–Crippen MR) is 70.5 cm³/mol. The van der Waals surface area contributed by atoms with Crippen molar-refractivity contribution >= 4 is 0 Å². The first kappa shape index (κ1) is 13.2. The first-order valence-corrected chi connectivity index (χ1v) is 6.05. The summed E-state index contributed by atoms with van der Waals surface area (Å²) in [5.74, 6) is -3.45. The first-order valence-electron chi connectivity index (χ1n) is 6.05. The Morgan fingerprint density at radius 1 is 1.00 bits per heavy atom. The number of nitrogens with zero attached hydrogens (tertiary/aromatic N) is 2. The zero-order valence-electron chi connectivity index (χ0n) is 10.6. The van der Waals surface area contributed by atoms with Crippen LogP contribution in [0.1, 0.15) is 0 Å². The Balaban J connectivity index is 2.20. The Bertz CT molecular complexity index is 784. The summed E-state index contributed by atoms with van der Waals surface area (Å²) in [5.41, 5.74) is -0.658. The number of halogens is 3. The van der Waals surface area contributed by atoms with Crippen LogP contribution in [0.2, 0.25) is 0 Å². The van der Waals surface area contributed by atoms with E-state index in [0.717, 1.165) is 10.7 Å². The van der Waals surface area contributed by atoms with E-state index in [1.54, 1.807) is 0 Å². The third kappa shape index (κ3) is 2.24. The standard InChI is InChI=1S/C15H9F3N2O/c16-11-8-12(20-7-1-6-19-20)14(17)15(18)13(11)9-2-4-10(21)5-3-9/h1-8,21H. The Morgan fingerprint density at radius 2 is 1.71 bits per heavy atom. The molecule has 1 aromatic heterocycles. The van der Waals surface area contributed by atoms with Gasteiger partial charge in [0.1, 0.15) is 17.3 Å². The largest absolute Gasteiger partial charge is 0.508 e. The minimum atomic E-state index is -1.30. The number of phenols is 1. The lowest BCUT2D eigenvalue weighted by molar-refractivity contribution is 0.475. The Kier molecular flexibility index (Phi) is 3.13. The lowest BCUT2D eigenvalue weighted by Crippen LogP contribution is -2.04. The van der Waals surface area contributed by atoms with Crippen molar-refractivity contribution in [2.45, 2.75) is 0 Å². The van der Waals surface area contributed by atoms with Crippen LogP contribution in [-0.2, 0) is 0 Å². The molecule has 0 aliphatic carbocycles. The molecule has 0 amide bonds. The summed E-state index contributed by atoms with van der Waals surface area (Å²) >= 11 is 0. The van der Waals surface area contributed by atoms with Crippen LogP contribution in [0.15, 0.2) is 48.8 Å². The second kappa shape index (κ2) is 4.97. The van der Waals surface area contributed by atoms with Crippen molar-refractivity contribution in [3.63, 3.8) is 0 Å². The van der Waals surface area contributed by atoms with Gasteiger partial charge in [0.2, 0.25) is 0 Å². The van der Waals surface area contributed by atoms with Gasteiger partial charge in [-0.3, -0.25) is 0 Å². The zero-order valence-corrected chi connectivity index (χ0v) is 10.6. The topological polar surface area (TPSA) is 38.0 Å². The molecule has 1 N–H and O–H groups in total. The molecule has 3 rings (SSSR count). The third-order valence-corrected chi connectivity index (χ3v) is 3.05. The van der Waals surface area contributed by atoms with E-state index >= 15 is 0 Å². The highest BCUT2D eigenvalue weighted by Gasteiger charge is 2.21. The van der Waals surface area contributed by atoms with Gasteiger partial charge < -0.3 is 5.11 Å². The molecule has 0 saturated carbocycles. The number of phenolic OH excluding ortho intramolecular Hbond substituents is 1. The average molecular weight is 290 g/mol. The van der Waals surface area contributed by atoms with Crippen molar-refractivity contribution in [3.05, 3.63) is 66.2 Å². The fourth-order valence-corrected chi connectivity index (χ4v) is 2.05. The van der Waals surface area contributed by atoms with E-state index < -0.39 is 23.0 Å². The van der Waals surface area contributed by atoms with Crippen molar-refractivity contribution < 1.29 is 18.3 Å². The van der Waals surface area contributed by atoms with Crippen molar-refractivity contribution in [3.8, 4) is 22.6 Å². The van der Waals surface area contributed by atoms with Crippen molar-refractivity contribution in [1.82, 2.24) is 9.78 Å². The highest BCUT2D eigenvalue weighted by Crippen LogP contribution is 2.31. The maximum atomic E-state index is 14.2. The van der Waals surface area contributed by atoms with Crippen molar-refractivity contribution in [2.24, 2.45) is 0 Å². The van der Waals surface area contributed by atoms with Gasteiger partial charge in [-0.1, -0.05) is 12.1 Å². The van der Waals surface area contributed by atoms with E-state index in [0.29, 0.717) is 0 Å². The number of benzene rings is 2. The average Bonchev–Trinajstić information content (AvgIpc) is 2.99. The Morgan fingerprint density at radius 3 is 2.33 bits per heavy atom. The minimum Gasteiger partial charge on any atom is -0.508 e. The maximum absolute atomic E-state index is 14.2. The molecule has 0 unspecified atom stereocenters. The molecule has 0 saturated heterocycles. The van der Waals surface area contributed by atoms with E-state index in [4.69, 9.17) is 0 Å². The first-order chi connectivity index (χ1) is 10.1. The zero-order chi connectivity index (χ0) is 15.0. The maximum Gasteiger partial charge on any atom is 0.185 e. The highest BCUT2D eigenvalue weighted by molar-refractivity contribution is 5.67. The fraction of sp³-hybridized carbons (Fsp3) is 0. The van der Waals surface area contributed by atoms with Gasteiger partial charge >= 0.3 is 0 Å². The van der Waals surface area contributed by atoms with Gasteiger partial charge in [-0.15, -0.1) is 0 Å². The molecule has 21 heavy (non-hydrogen) atoms. The molecule has 1 heterocycles. The van der Waals surface area contributed by atoms with Crippen LogP contribution in [0.5, 0.6) is 5.75 Å². The van der Waals surface area contributed by atoms with Gasteiger partial charge in [0, 0.05) is 18.5 Å². The van der Waals surface area contributed by atoms with E-state index in [1.165, 1.54) is 42.7 Å². The summed E-state index contributed by atoms with van der Waals surface area (Å²) in [5, 5.41) is 12.9. The van der Waals surface area contributed by atoms with Crippen LogP contribution in [-0.4, -0.2) is 14.9 Å². The molecule has 6 heteroatoms. The highest BCUT2D eigenvalue weighted by atomic mass is 19.2. The molecule has 0 atom stereocenters. The fourth-order valence-electron chi connectivity index (χ4n) is 2.05. The third-order valence-electron chi connectivity index (χ3n) is 3.05. The van der Waals surface area contributed by atoms with Crippen LogP contribution in [0.4, 0.5) is 13.2 Å². The van der Waals surface area contributed by atoms with Gasteiger partial charge in [-0.25, -0.2) is 17.9 Å². The summed E-state index contributed by atoms with van der Waals surface area (Å²) in [6.45, 7) is 0. The van der Waals surface area contributed by atoms with Crippen LogP contribution in [0.3, 0.4) is 0 Å². The normalized spacial score (nSPS) is 10.8. The molecule has 0 bridgehead atoms. The van der Waals surface area contributed by atoms with Crippen molar-refractivity contribution in [2.75, 3.05) is 0 Å². The van der Waals surface area contributed by atoms with Gasteiger partial charge in [0.25, 0.3) is 0 Å². The summed E-state index contributed by atoms with van der Waals surface area (Å²) in [4.78, 5) is 0. The molecular weight excluding hydrogens is 281 g/mol. The summed E-state index contributed by atoms with van der Waals surface area (Å²) in [6.07, 6.45) is 2.76. The molecule has 0 spiro atoms. The van der Waals surface area contributed by atoms with Crippen LogP contribution in [0, 0.1) is 17.5 Å². The van der Waals surface area contributed by atoms with E-state index in [9.17, 15) is 18.3 Å². The molecule has 2 aromatic carbocycles. The monoisotopic (exact) mass is 290 g/mol. The smallest absolute Gasteiger partial charge is 0.185 e. The molecule has 0 radical (unpaired) electrons. The van der Waals surface area contributed by atoms with Crippen molar-refractivity contribution in [1.29, 1.82) is 0 Å². The van der Waals surface area contributed by atoms with Crippen LogP contribution in [0.25, 0.3) is 16.8 Å². The minimum absolute atomic E-state index is 0.0480.